The van der Waals surface area contributed by atoms with Crippen molar-refractivity contribution in [2.24, 2.45) is 0 Å². The van der Waals surface area contributed by atoms with Gasteiger partial charge < -0.3 is 4.74 Å². The van der Waals surface area contributed by atoms with Gasteiger partial charge in [-0.15, -0.1) is 0 Å². The van der Waals surface area contributed by atoms with Crippen molar-refractivity contribution < 1.29 is 9.53 Å². The van der Waals surface area contributed by atoms with Crippen LogP contribution in [0.2, 0.25) is 0 Å². The molecule has 0 heterocycles. The van der Waals surface area contributed by atoms with Gasteiger partial charge >= 0.3 is 0 Å². The number of carbonyl (C=O) groups excluding carboxylic acids is 1. The Morgan fingerprint density at radius 1 is 1.05 bits per heavy atom. The molecule has 0 aliphatic carbocycles. The van der Waals surface area contributed by atoms with E-state index in [2.05, 4.69) is 6.92 Å². The van der Waals surface area contributed by atoms with Gasteiger partial charge in [-0.3, -0.25) is 4.79 Å². The molecule has 2 aromatic carbocycles. The van der Waals surface area contributed by atoms with Gasteiger partial charge in [0.15, 0.2) is 5.78 Å². The summed E-state index contributed by atoms with van der Waals surface area (Å²) < 4.78 is 5.73. The van der Waals surface area contributed by atoms with Gasteiger partial charge in [0.05, 0.1) is 6.61 Å². The fourth-order valence-electron chi connectivity index (χ4n) is 2.07. The van der Waals surface area contributed by atoms with Gasteiger partial charge in [-0.1, -0.05) is 38.0 Å². The summed E-state index contributed by atoms with van der Waals surface area (Å²) in [7, 11) is 0. The quantitative estimate of drug-likeness (QED) is 0.557. The number of fused-ring (bicyclic) bond motifs is 1. The first-order chi connectivity index (χ1) is 9.20. The second-order valence-corrected chi connectivity index (χ2v) is 4.84. The molecule has 0 atom stereocenters. The van der Waals surface area contributed by atoms with Gasteiger partial charge in [0.25, 0.3) is 0 Å². The molecular formula is C17H20O2. The van der Waals surface area contributed by atoms with Crippen molar-refractivity contribution in [2.75, 3.05) is 6.61 Å². The van der Waals surface area contributed by atoms with Gasteiger partial charge in [0.1, 0.15) is 5.75 Å². The Balaban J connectivity index is 2.12. The number of benzene rings is 2. The highest BCUT2D eigenvalue weighted by Gasteiger charge is 2.02. The summed E-state index contributed by atoms with van der Waals surface area (Å²) in [5.41, 5.74) is 0.754. The smallest absolute Gasteiger partial charge is 0.159 e. The number of hydrogen-bond donors (Lipinski definition) is 0. The van der Waals surface area contributed by atoms with Gasteiger partial charge in [-0.2, -0.15) is 0 Å². The van der Waals surface area contributed by atoms with Crippen LogP contribution in [-0.2, 0) is 0 Å². The van der Waals surface area contributed by atoms with Crippen LogP contribution in [0.15, 0.2) is 36.4 Å². The molecule has 0 amide bonds. The Morgan fingerprint density at radius 2 is 1.79 bits per heavy atom. The maximum absolute atomic E-state index is 11.3. The molecule has 100 valence electrons. The minimum Gasteiger partial charge on any atom is -0.494 e. The minimum absolute atomic E-state index is 0.0989. The SMILES string of the molecule is CCCCCOc1ccc2cc(C(C)=O)ccc2c1. The van der Waals surface area contributed by atoms with E-state index in [-0.39, 0.29) is 5.78 Å². The zero-order chi connectivity index (χ0) is 13.7. The molecule has 0 aromatic heterocycles. The monoisotopic (exact) mass is 256 g/mol. The van der Waals surface area contributed by atoms with Gasteiger partial charge in [0.2, 0.25) is 0 Å². The van der Waals surface area contributed by atoms with Gasteiger partial charge in [-0.25, -0.2) is 0 Å². The second-order valence-electron chi connectivity index (χ2n) is 4.84. The van der Waals surface area contributed by atoms with E-state index in [1.54, 1.807) is 6.92 Å². The van der Waals surface area contributed by atoms with Crippen LogP contribution < -0.4 is 4.74 Å². The zero-order valence-electron chi connectivity index (χ0n) is 11.6. The molecule has 0 spiro atoms. The van der Waals surface area contributed by atoms with Crippen molar-refractivity contribution in [3.63, 3.8) is 0 Å². The summed E-state index contributed by atoms with van der Waals surface area (Å²) in [6, 6.07) is 11.8. The first kappa shape index (κ1) is 13.6. The zero-order valence-corrected chi connectivity index (χ0v) is 11.6. The molecule has 0 saturated heterocycles. The molecule has 0 aliphatic rings. The van der Waals surface area contributed by atoms with Crippen LogP contribution in [-0.4, -0.2) is 12.4 Å². The Labute approximate surface area is 114 Å². The second kappa shape index (κ2) is 6.37. The van der Waals surface area contributed by atoms with E-state index in [9.17, 15) is 4.79 Å². The van der Waals surface area contributed by atoms with Crippen LogP contribution in [0.25, 0.3) is 10.8 Å². The van der Waals surface area contributed by atoms with Gasteiger partial charge in [-0.05, 0) is 42.3 Å². The third-order valence-corrected chi connectivity index (χ3v) is 3.23. The molecule has 0 saturated carbocycles. The average Bonchev–Trinajstić information content (AvgIpc) is 2.43. The lowest BCUT2D eigenvalue weighted by Gasteiger charge is -2.07. The highest BCUT2D eigenvalue weighted by atomic mass is 16.5. The summed E-state index contributed by atoms with van der Waals surface area (Å²) in [5.74, 6) is 1.00. The topological polar surface area (TPSA) is 26.3 Å². The summed E-state index contributed by atoms with van der Waals surface area (Å²) in [4.78, 5) is 11.3. The first-order valence-corrected chi connectivity index (χ1v) is 6.88. The standard InChI is InChI=1S/C17H20O2/c1-3-4-5-10-19-17-9-8-15-11-14(13(2)18)6-7-16(15)12-17/h6-9,11-12H,3-5,10H2,1-2H3. The maximum atomic E-state index is 11.3. The molecular weight excluding hydrogens is 236 g/mol. The van der Waals surface area contributed by atoms with E-state index in [4.69, 9.17) is 4.74 Å². The van der Waals surface area contributed by atoms with Crippen LogP contribution in [0, 0.1) is 0 Å². The van der Waals surface area contributed by atoms with E-state index >= 15 is 0 Å². The lowest BCUT2D eigenvalue weighted by molar-refractivity contribution is 0.101. The molecule has 0 bridgehead atoms. The molecule has 0 N–H and O–H groups in total. The van der Waals surface area contributed by atoms with E-state index < -0.39 is 0 Å². The molecule has 19 heavy (non-hydrogen) atoms. The third kappa shape index (κ3) is 3.57. The van der Waals surface area contributed by atoms with Crippen molar-refractivity contribution >= 4 is 16.6 Å². The van der Waals surface area contributed by atoms with Crippen molar-refractivity contribution in [1.82, 2.24) is 0 Å². The third-order valence-electron chi connectivity index (χ3n) is 3.23. The summed E-state index contributed by atoms with van der Waals surface area (Å²) >= 11 is 0. The van der Waals surface area contributed by atoms with Crippen LogP contribution >= 0.6 is 0 Å². The van der Waals surface area contributed by atoms with Crippen LogP contribution in [0.4, 0.5) is 0 Å². The molecule has 0 unspecified atom stereocenters. The van der Waals surface area contributed by atoms with E-state index in [1.807, 2.05) is 36.4 Å². The summed E-state index contributed by atoms with van der Waals surface area (Å²) in [6.07, 6.45) is 3.50. The lowest BCUT2D eigenvalue weighted by Crippen LogP contribution is -1.97. The van der Waals surface area contributed by atoms with E-state index in [1.165, 1.54) is 12.8 Å². The number of rotatable bonds is 6. The number of unbranched alkanes of at least 4 members (excludes halogenated alkanes) is 2. The maximum Gasteiger partial charge on any atom is 0.159 e. The van der Waals surface area contributed by atoms with Crippen LogP contribution in [0.3, 0.4) is 0 Å². The fourth-order valence-corrected chi connectivity index (χ4v) is 2.07. The number of ether oxygens (including phenoxy) is 1. The summed E-state index contributed by atoms with van der Waals surface area (Å²) in [5, 5.41) is 2.19. The Bertz CT molecular complexity index is 572. The highest BCUT2D eigenvalue weighted by molar-refractivity contribution is 5.98. The average molecular weight is 256 g/mol. The largest absolute Gasteiger partial charge is 0.494 e. The number of Topliss-reactive ketones (excluding diaryl/α,β-unsaturated/α-hetero) is 1. The van der Waals surface area contributed by atoms with Crippen molar-refractivity contribution in [3.8, 4) is 5.75 Å². The lowest BCUT2D eigenvalue weighted by atomic mass is 10.0. The van der Waals surface area contributed by atoms with E-state index in [0.717, 1.165) is 35.1 Å². The number of carbonyl (C=O) groups is 1. The highest BCUT2D eigenvalue weighted by Crippen LogP contribution is 2.22. The molecule has 2 rings (SSSR count). The first-order valence-electron chi connectivity index (χ1n) is 6.88. The van der Waals surface area contributed by atoms with Crippen molar-refractivity contribution in [1.29, 1.82) is 0 Å². The molecule has 0 fully saturated rings. The van der Waals surface area contributed by atoms with Crippen LogP contribution in [0.5, 0.6) is 5.75 Å². The molecule has 0 aliphatic heterocycles. The predicted octanol–water partition coefficient (Wildman–Crippen LogP) is 4.61. The van der Waals surface area contributed by atoms with E-state index in [0.29, 0.717) is 0 Å². The molecule has 2 nitrogen and oxygen atoms in total. The van der Waals surface area contributed by atoms with Gasteiger partial charge in [0, 0.05) is 5.56 Å². The Morgan fingerprint density at radius 3 is 2.53 bits per heavy atom. The van der Waals surface area contributed by atoms with Crippen molar-refractivity contribution in [2.45, 2.75) is 33.1 Å². The Hall–Kier alpha value is -1.83. The fraction of sp³-hybridized carbons (Fsp3) is 0.353. The normalized spacial score (nSPS) is 10.6. The molecule has 0 radical (unpaired) electrons. The summed E-state index contributed by atoms with van der Waals surface area (Å²) in [6.45, 7) is 4.54. The molecule has 2 aromatic rings. The number of ketones is 1. The van der Waals surface area contributed by atoms with Crippen molar-refractivity contribution in [3.05, 3.63) is 42.0 Å². The molecule has 2 heteroatoms. The Kier molecular flexibility index (Phi) is 4.56. The predicted molar refractivity (Wildman–Crippen MR) is 79.0 cm³/mol. The minimum atomic E-state index is 0.0989. The number of hydrogen-bond acceptors (Lipinski definition) is 2. The van der Waals surface area contributed by atoms with Crippen LogP contribution in [0.1, 0.15) is 43.5 Å².